The Kier molecular flexibility index (Phi) is 11.0. The number of aryl methyl sites for hydroxylation is 6. The van der Waals surface area contributed by atoms with Gasteiger partial charge < -0.3 is 9.47 Å². The zero-order valence-electron chi connectivity index (χ0n) is 51.2. The summed E-state index contributed by atoms with van der Waals surface area (Å²) in [7, 11) is 0. The lowest BCUT2D eigenvalue weighted by Crippen LogP contribution is -2.66. The van der Waals surface area contributed by atoms with Crippen LogP contribution in [0.4, 0.5) is 17.1 Å². The predicted octanol–water partition coefficient (Wildman–Crippen LogP) is 16.4. The summed E-state index contributed by atoms with van der Waals surface area (Å²) in [5, 5.41) is 2.50. The van der Waals surface area contributed by atoms with Crippen molar-refractivity contribution < 1.29 is 0 Å². The lowest BCUT2D eigenvalue weighted by atomic mass is 9.29. The summed E-state index contributed by atoms with van der Waals surface area (Å²) in [4.78, 5) is 2.70. The van der Waals surface area contributed by atoms with E-state index in [1.54, 1.807) is 0 Å². The Labute approximate surface area is 503 Å². The molecule has 0 bridgehead atoms. The zero-order chi connectivity index (χ0) is 58.3. The quantitative estimate of drug-likeness (QED) is 0.160. The van der Waals surface area contributed by atoms with Crippen molar-refractivity contribution >= 4 is 85.1 Å². The summed E-state index contributed by atoms with van der Waals surface area (Å²) in [6.45, 7) is 28.0. The molecule has 0 N–H and O–H groups in total. The average molecular weight is 1090 g/mol. The minimum atomic E-state index is -0.527. The molecule has 16 rings (SSSR count). The Morgan fingerprint density at radius 2 is 0.765 bits per heavy atom. The number of hydrogen-bond acceptors (Lipinski definition) is 1. The highest BCUT2D eigenvalue weighted by Crippen LogP contribution is 2.65. The molecule has 0 unspecified atom stereocenters. The summed E-state index contributed by atoms with van der Waals surface area (Å²) in [5.74, 6) is 0. The van der Waals surface area contributed by atoms with Gasteiger partial charge in [-0.05, 0) is 166 Å². The van der Waals surface area contributed by atoms with Crippen molar-refractivity contribution in [2.24, 2.45) is 0 Å². The molecule has 4 heteroatoms. The van der Waals surface area contributed by atoms with Crippen LogP contribution in [0.25, 0.3) is 60.9 Å². The molecule has 12 aromatic rings. The van der Waals surface area contributed by atoms with Gasteiger partial charge in [-0.2, -0.15) is 0 Å². The van der Waals surface area contributed by atoms with Gasteiger partial charge in [0.2, 0.25) is 13.4 Å². The van der Waals surface area contributed by atoms with Crippen LogP contribution < -0.4 is 37.7 Å². The van der Waals surface area contributed by atoms with Gasteiger partial charge in [0.1, 0.15) is 0 Å². The number of anilines is 3. The first-order valence-electron chi connectivity index (χ1n) is 30.8. The summed E-state index contributed by atoms with van der Waals surface area (Å²) in [5.41, 5.74) is 38.7. The van der Waals surface area contributed by atoms with E-state index >= 15 is 0 Å². The van der Waals surface area contributed by atoms with E-state index in [2.05, 4.69) is 299 Å². The fraction of sp³-hybridized carbons (Fsp3) is 0.185. The second-order valence-corrected chi connectivity index (χ2v) is 27.5. The third kappa shape index (κ3) is 7.15. The highest BCUT2D eigenvalue weighted by Gasteiger charge is 2.53. The molecule has 85 heavy (non-hydrogen) atoms. The molecule has 0 fully saturated rings. The fourth-order valence-electron chi connectivity index (χ4n) is 16.9. The molecule has 0 atom stereocenters. The van der Waals surface area contributed by atoms with Gasteiger partial charge in [-0.25, -0.2) is 0 Å². The van der Waals surface area contributed by atoms with Crippen LogP contribution in [-0.2, 0) is 16.2 Å². The van der Waals surface area contributed by atoms with E-state index in [0.29, 0.717) is 0 Å². The predicted molar refractivity (Wildman–Crippen MR) is 365 cm³/mol. The molecule has 2 aliphatic carbocycles. The van der Waals surface area contributed by atoms with Gasteiger partial charge in [-0.3, -0.25) is 0 Å². The van der Waals surface area contributed by atoms with E-state index in [4.69, 9.17) is 0 Å². The highest BCUT2D eigenvalue weighted by atomic mass is 15.2. The van der Waals surface area contributed by atoms with E-state index in [1.807, 2.05) is 0 Å². The van der Waals surface area contributed by atoms with Crippen molar-refractivity contribution in [2.45, 2.75) is 99.3 Å². The average Bonchev–Trinajstić information content (AvgIpc) is 1.61. The van der Waals surface area contributed by atoms with Gasteiger partial charge in [0, 0.05) is 39.1 Å². The molecule has 0 radical (unpaired) electrons. The van der Waals surface area contributed by atoms with Gasteiger partial charge in [-0.1, -0.05) is 262 Å². The van der Waals surface area contributed by atoms with Gasteiger partial charge in [0.05, 0.1) is 16.4 Å². The van der Waals surface area contributed by atoms with Crippen LogP contribution in [0.1, 0.15) is 108 Å². The van der Waals surface area contributed by atoms with Crippen LogP contribution in [0.3, 0.4) is 0 Å². The molecular weight excluding hydrogens is 1020 g/mol. The Morgan fingerprint density at radius 3 is 1.26 bits per heavy atom. The Balaban J connectivity index is 1.07. The maximum atomic E-state index is 2.70. The molecule has 2 aliphatic heterocycles. The van der Waals surface area contributed by atoms with Crippen LogP contribution in [-0.4, -0.2) is 18.0 Å². The SMILES string of the molecule is Cc1cc(C)c(B2c3cc(C(C)(C)C)ccc3N3c4ccc(C(C)(C)C)cc4B(c4c(C)cc(C)cc4C)c4cc(-n5c6ccccc6c6cccc(-c7cccc8c7C7(c9ccccc9-c9ccccc97)c7ccccc7-8)c65)cc2c43)c(C)c1. The van der Waals surface area contributed by atoms with E-state index < -0.39 is 5.41 Å². The number of benzene rings is 11. The van der Waals surface area contributed by atoms with Crippen LogP contribution in [0.2, 0.25) is 0 Å². The topological polar surface area (TPSA) is 8.17 Å². The minimum Gasteiger partial charge on any atom is -0.313 e. The van der Waals surface area contributed by atoms with Crippen LogP contribution in [0.5, 0.6) is 0 Å². The van der Waals surface area contributed by atoms with E-state index in [-0.39, 0.29) is 24.3 Å². The molecule has 1 aromatic heterocycles. The number of fused-ring (bicyclic) bond motifs is 17. The molecule has 2 nitrogen and oxygen atoms in total. The van der Waals surface area contributed by atoms with Crippen molar-refractivity contribution in [2.75, 3.05) is 4.90 Å². The molecule has 11 aromatic carbocycles. The number of para-hydroxylation sites is 2. The molecule has 0 amide bonds. The first-order valence-corrected chi connectivity index (χ1v) is 30.8. The largest absolute Gasteiger partial charge is 0.313 e. The van der Waals surface area contributed by atoms with Crippen molar-refractivity contribution in [3.05, 3.63) is 273 Å². The lowest BCUT2D eigenvalue weighted by Gasteiger charge is -2.45. The Hall–Kier alpha value is -8.85. The van der Waals surface area contributed by atoms with Crippen molar-refractivity contribution in [3.8, 4) is 39.1 Å². The molecule has 410 valence electrons. The Morgan fingerprint density at radius 1 is 0.365 bits per heavy atom. The van der Waals surface area contributed by atoms with Crippen molar-refractivity contribution in [3.63, 3.8) is 0 Å². The zero-order valence-corrected chi connectivity index (χ0v) is 51.2. The summed E-state index contributed by atoms with van der Waals surface area (Å²) < 4.78 is 2.69. The first kappa shape index (κ1) is 51.8. The Bertz CT molecular complexity index is 4640. The van der Waals surface area contributed by atoms with E-state index in [1.165, 1.54) is 177 Å². The monoisotopic (exact) mass is 1090 g/mol. The molecular formula is C81H70B2N2. The minimum absolute atomic E-state index is 0.0649. The third-order valence-electron chi connectivity index (χ3n) is 20.2. The first-order chi connectivity index (χ1) is 40.9. The van der Waals surface area contributed by atoms with Gasteiger partial charge in [0.25, 0.3) is 0 Å². The van der Waals surface area contributed by atoms with E-state index in [9.17, 15) is 0 Å². The molecule has 0 saturated carbocycles. The normalized spacial score (nSPS) is 14.1. The third-order valence-corrected chi connectivity index (χ3v) is 20.2. The van der Waals surface area contributed by atoms with Gasteiger partial charge >= 0.3 is 0 Å². The van der Waals surface area contributed by atoms with Crippen molar-refractivity contribution in [1.82, 2.24) is 4.57 Å². The van der Waals surface area contributed by atoms with E-state index in [0.717, 1.165) is 0 Å². The van der Waals surface area contributed by atoms with Crippen molar-refractivity contribution in [1.29, 1.82) is 0 Å². The second-order valence-electron chi connectivity index (χ2n) is 27.5. The molecule has 3 heterocycles. The maximum absolute atomic E-state index is 2.70. The number of rotatable bonds is 4. The number of aromatic nitrogens is 1. The van der Waals surface area contributed by atoms with Crippen LogP contribution in [0.15, 0.2) is 206 Å². The summed E-state index contributed by atoms with van der Waals surface area (Å²) >= 11 is 0. The highest BCUT2D eigenvalue weighted by molar-refractivity contribution is 7.02. The molecule has 1 spiro atoms. The molecule has 4 aliphatic rings. The molecule has 0 saturated heterocycles. The summed E-state index contributed by atoms with van der Waals surface area (Å²) in [6.07, 6.45) is 0. The number of hydrogen-bond donors (Lipinski definition) is 0. The smallest absolute Gasteiger partial charge is 0.247 e. The lowest BCUT2D eigenvalue weighted by molar-refractivity contribution is 0.590. The standard InChI is InChI=1S/C81H70B2N2/c1-47-39-49(3)75(50(4)40-47)82-67-43-53(79(7,8)9)35-37-72(67)85-73-38-36-54(80(10,11)12)44-68(73)83(76-51(5)41-48(2)42-52(76)6)70-46-55(45-69(82)78(70)85)84-71-34-20-16-26-59(71)62-29-22-30-63(77(62)84)61-28-21-27-60-58-25-15-19-33-66(58)81(74(60)61)64-31-17-13-23-56(64)57-24-14-18-32-65(57)81/h13-46H,1-12H3. The van der Waals surface area contributed by atoms with Gasteiger partial charge in [0.15, 0.2) is 0 Å². The van der Waals surface area contributed by atoms with Crippen LogP contribution >= 0.6 is 0 Å². The maximum Gasteiger partial charge on any atom is 0.247 e. The summed E-state index contributed by atoms with van der Waals surface area (Å²) in [6, 6.07) is 81.1. The van der Waals surface area contributed by atoms with Crippen LogP contribution in [0, 0.1) is 41.5 Å². The number of nitrogens with zero attached hydrogens (tertiary/aromatic N) is 2. The van der Waals surface area contributed by atoms with Gasteiger partial charge in [-0.15, -0.1) is 0 Å². The second kappa shape index (κ2) is 18.1. The fourth-order valence-corrected chi connectivity index (χ4v) is 16.9.